The first-order chi connectivity index (χ1) is 8.88. The van der Waals surface area contributed by atoms with Gasteiger partial charge in [-0.3, -0.25) is 0 Å². The van der Waals surface area contributed by atoms with Crippen molar-refractivity contribution in [1.29, 1.82) is 0 Å². The van der Waals surface area contributed by atoms with Crippen LogP contribution in [0.15, 0.2) is 18.2 Å². The summed E-state index contributed by atoms with van der Waals surface area (Å²) >= 11 is 0. The van der Waals surface area contributed by atoms with Crippen molar-refractivity contribution in [1.82, 2.24) is 4.90 Å². The van der Waals surface area contributed by atoms with E-state index < -0.39 is 0 Å². The van der Waals surface area contributed by atoms with Gasteiger partial charge in [0.25, 0.3) is 0 Å². The molecule has 0 bridgehead atoms. The molecule has 3 nitrogen and oxygen atoms in total. The van der Waals surface area contributed by atoms with Gasteiger partial charge in [0.15, 0.2) is 0 Å². The smallest absolute Gasteiger partial charge is 0.121 e. The van der Waals surface area contributed by atoms with Crippen molar-refractivity contribution in [2.75, 3.05) is 27.2 Å². The molecule has 0 spiro atoms. The second kappa shape index (κ2) is 6.92. The van der Waals surface area contributed by atoms with Crippen LogP contribution in [0.1, 0.15) is 31.4 Å². The molecule has 1 aromatic carbocycles. The molecule has 0 saturated heterocycles. The predicted molar refractivity (Wildman–Crippen MR) is 81.5 cm³/mol. The molecular formula is C16H28N2O. The highest BCUT2D eigenvalue weighted by atomic mass is 16.5. The number of nitrogens with two attached hydrogens (primary N) is 1. The first-order valence-corrected chi connectivity index (χ1v) is 6.90. The fraction of sp³-hybridized carbons (Fsp3) is 0.625. The number of ether oxygens (including phenoxy) is 1. The molecule has 0 unspecified atom stereocenters. The van der Waals surface area contributed by atoms with Crippen LogP contribution in [0.25, 0.3) is 0 Å². The Morgan fingerprint density at radius 2 is 2.00 bits per heavy atom. The van der Waals surface area contributed by atoms with Crippen molar-refractivity contribution in [3.63, 3.8) is 0 Å². The van der Waals surface area contributed by atoms with Crippen LogP contribution in [-0.2, 0) is 6.54 Å². The highest BCUT2D eigenvalue weighted by Crippen LogP contribution is 2.23. The second-order valence-electron chi connectivity index (χ2n) is 6.18. The lowest BCUT2D eigenvalue weighted by molar-refractivity contribution is 0.195. The van der Waals surface area contributed by atoms with Gasteiger partial charge in [-0.15, -0.1) is 0 Å². The van der Waals surface area contributed by atoms with Crippen LogP contribution in [0.2, 0.25) is 0 Å². The summed E-state index contributed by atoms with van der Waals surface area (Å²) in [7, 11) is 3.88. The maximum absolute atomic E-state index is 5.66. The molecule has 2 N–H and O–H groups in total. The molecule has 0 saturated carbocycles. The van der Waals surface area contributed by atoms with E-state index in [-0.39, 0.29) is 5.41 Å². The van der Waals surface area contributed by atoms with E-state index in [0.29, 0.717) is 0 Å². The molecule has 1 aromatic rings. The number of hydrogen-bond donors (Lipinski definition) is 1. The minimum absolute atomic E-state index is 0.269. The van der Waals surface area contributed by atoms with Crippen LogP contribution in [-0.4, -0.2) is 32.1 Å². The molecule has 0 amide bonds. The molecule has 1 rings (SSSR count). The van der Waals surface area contributed by atoms with E-state index in [1.807, 2.05) is 6.07 Å². The molecule has 0 aliphatic heterocycles. The molecule has 0 aliphatic rings. The third-order valence-electron chi connectivity index (χ3n) is 3.43. The van der Waals surface area contributed by atoms with Crippen LogP contribution >= 0.6 is 0 Å². The van der Waals surface area contributed by atoms with E-state index in [4.69, 9.17) is 10.5 Å². The summed E-state index contributed by atoms with van der Waals surface area (Å²) in [6.07, 6.45) is 1.05. The first-order valence-electron chi connectivity index (χ1n) is 6.90. The Morgan fingerprint density at radius 1 is 1.32 bits per heavy atom. The van der Waals surface area contributed by atoms with Gasteiger partial charge in [-0.2, -0.15) is 0 Å². The highest BCUT2D eigenvalue weighted by Gasteiger charge is 2.19. The van der Waals surface area contributed by atoms with E-state index >= 15 is 0 Å². The number of rotatable bonds is 7. The largest absolute Gasteiger partial charge is 0.496 e. The summed E-state index contributed by atoms with van der Waals surface area (Å²) in [5.74, 6) is 0.954. The van der Waals surface area contributed by atoms with E-state index in [1.165, 1.54) is 11.1 Å². The molecule has 0 heterocycles. The molecule has 3 heteroatoms. The van der Waals surface area contributed by atoms with E-state index in [0.717, 1.165) is 31.8 Å². The van der Waals surface area contributed by atoms with Gasteiger partial charge in [0.2, 0.25) is 0 Å². The van der Waals surface area contributed by atoms with Gasteiger partial charge < -0.3 is 15.4 Å². The number of aryl methyl sites for hydroxylation is 1. The van der Waals surface area contributed by atoms with Crippen LogP contribution < -0.4 is 10.5 Å². The van der Waals surface area contributed by atoms with Crippen LogP contribution in [0.5, 0.6) is 5.75 Å². The fourth-order valence-electron chi connectivity index (χ4n) is 2.61. The van der Waals surface area contributed by atoms with E-state index in [2.05, 4.69) is 44.9 Å². The Hall–Kier alpha value is -1.06. The summed E-state index contributed by atoms with van der Waals surface area (Å²) in [4.78, 5) is 2.36. The first kappa shape index (κ1) is 16.0. The Labute approximate surface area is 117 Å². The summed E-state index contributed by atoms with van der Waals surface area (Å²) < 4.78 is 5.29. The standard InChI is InChI=1S/C16H28N2O/c1-13-10-14(6-7-15(13)19-5)11-18(4)12-16(2,3)8-9-17/h6-7,10H,8-9,11-12,17H2,1-5H3. The number of benzene rings is 1. The van der Waals surface area contributed by atoms with Crippen molar-refractivity contribution in [2.24, 2.45) is 11.1 Å². The van der Waals surface area contributed by atoms with Crippen molar-refractivity contribution in [3.8, 4) is 5.75 Å². The molecule has 0 atom stereocenters. The van der Waals surface area contributed by atoms with E-state index in [1.54, 1.807) is 7.11 Å². The summed E-state index contributed by atoms with van der Waals surface area (Å²) in [6.45, 7) is 9.39. The zero-order chi connectivity index (χ0) is 14.5. The third kappa shape index (κ3) is 5.21. The normalized spacial score (nSPS) is 11.9. The predicted octanol–water partition coefficient (Wildman–Crippen LogP) is 2.81. The minimum atomic E-state index is 0.269. The van der Waals surface area contributed by atoms with Gasteiger partial charge in [0, 0.05) is 13.1 Å². The van der Waals surface area contributed by atoms with Crippen molar-refractivity contribution >= 4 is 0 Å². The fourth-order valence-corrected chi connectivity index (χ4v) is 2.61. The average molecular weight is 264 g/mol. The Morgan fingerprint density at radius 3 is 2.53 bits per heavy atom. The van der Waals surface area contributed by atoms with E-state index in [9.17, 15) is 0 Å². The molecule has 0 radical (unpaired) electrons. The van der Waals surface area contributed by atoms with Gasteiger partial charge in [-0.1, -0.05) is 26.0 Å². The molecule has 0 aromatic heterocycles. The average Bonchev–Trinajstić information content (AvgIpc) is 2.27. The van der Waals surface area contributed by atoms with Gasteiger partial charge in [0.1, 0.15) is 5.75 Å². The van der Waals surface area contributed by atoms with Gasteiger partial charge in [0.05, 0.1) is 7.11 Å². The van der Waals surface area contributed by atoms with Crippen LogP contribution in [0.3, 0.4) is 0 Å². The van der Waals surface area contributed by atoms with Crippen molar-refractivity contribution < 1.29 is 4.74 Å². The minimum Gasteiger partial charge on any atom is -0.496 e. The molecule has 108 valence electrons. The lowest BCUT2D eigenvalue weighted by Crippen LogP contribution is -2.32. The summed E-state index contributed by atoms with van der Waals surface area (Å²) in [5.41, 5.74) is 8.44. The molecule has 0 aliphatic carbocycles. The lowest BCUT2D eigenvalue weighted by Gasteiger charge is -2.30. The maximum Gasteiger partial charge on any atom is 0.121 e. The van der Waals surface area contributed by atoms with Crippen molar-refractivity contribution in [2.45, 2.75) is 33.7 Å². The number of nitrogens with zero attached hydrogens (tertiary/aromatic N) is 1. The second-order valence-corrected chi connectivity index (χ2v) is 6.18. The Balaban J connectivity index is 2.62. The topological polar surface area (TPSA) is 38.5 Å². The number of hydrogen-bond acceptors (Lipinski definition) is 3. The quantitative estimate of drug-likeness (QED) is 0.823. The SMILES string of the molecule is COc1ccc(CN(C)CC(C)(C)CCN)cc1C. The Kier molecular flexibility index (Phi) is 5.83. The number of methoxy groups -OCH3 is 1. The maximum atomic E-state index is 5.66. The zero-order valence-corrected chi connectivity index (χ0v) is 13.0. The summed E-state index contributed by atoms with van der Waals surface area (Å²) in [5, 5.41) is 0. The van der Waals surface area contributed by atoms with Crippen LogP contribution in [0, 0.1) is 12.3 Å². The third-order valence-corrected chi connectivity index (χ3v) is 3.43. The monoisotopic (exact) mass is 264 g/mol. The van der Waals surface area contributed by atoms with Crippen LogP contribution in [0.4, 0.5) is 0 Å². The van der Waals surface area contributed by atoms with Gasteiger partial charge in [-0.05, 0) is 49.5 Å². The highest BCUT2D eigenvalue weighted by molar-refractivity contribution is 5.36. The zero-order valence-electron chi connectivity index (χ0n) is 13.0. The van der Waals surface area contributed by atoms with Crippen molar-refractivity contribution in [3.05, 3.63) is 29.3 Å². The molecule has 0 fully saturated rings. The molecular weight excluding hydrogens is 236 g/mol. The summed E-state index contributed by atoms with van der Waals surface area (Å²) in [6, 6.07) is 6.38. The molecule has 19 heavy (non-hydrogen) atoms. The van der Waals surface area contributed by atoms with Gasteiger partial charge in [-0.25, -0.2) is 0 Å². The lowest BCUT2D eigenvalue weighted by atomic mass is 9.89. The Bertz CT molecular complexity index is 402. The van der Waals surface area contributed by atoms with Gasteiger partial charge >= 0.3 is 0 Å².